The van der Waals surface area contributed by atoms with Crippen molar-refractivity contribution >= 4 is 34.7 Å². The summed E-state index contributed by atoms with van der Waals surface area (Å²) in [5.74, 6) is -1.44. The fraction of sp³-hybridized carbons (Fsp3) is 0.192. The number of hydrogen-bond acceptors (Lipinski definition) is 5. The molecule has 1 saturated heterocycles. The normalized spacial score (nSPS) is 17.5. The van der Waals surface area contributed by atoms with Crippen LogP contribution < -0.4 is 9.64 Å². The Bertz CT molecular complexity index is 1250. The van der Waals surface area contributed by atoms with Crippen molar-refractivity contribution in [1.29, 1.82) is 0 Å². The number of aryl methyl sites for hydroxylation is 2. The van der Waals surface area contributed by atoms with Crippen LogP contribution >= 0.6 is 11.6 Å². The molecule has 0 radical (unpaired) electrons. The summed E-state index contributed by atoms with van der Waals surface area (Å²) in [6, 6.07) is 14.7. The Balaban J connectivity index is 1.94. The van der Waals surface area contributed by atoms with Gasteiger partial charge >= 0.3 is 0 Å². The summed E-state index contributed by atoms with van der Waals surface area (Å²) >= 11 is 6.19. The number of Topliss-reactive ketones (excluding diaryl/α,β-unsaturated/α-hetero) is 1. The minimum Gasteiger partial charge on any atom is -0.507 e. The van der Waals surface area contributed by atoms with Crippen molar-refractivity contribution in [2.75, 3.05) is 11.5 Å². The third kappa shape index (κ3) is 4.22. The van der Waals surface area contributed by atoms with E-state index in [1.165, 1.54) is 4.90 Å². The van der Waals surface area contributed by atoms with Crippen LogP contribution in [0.15, 0.2) is 66.4 Å². The Morgan fingerprint density at radius 2 is 1.82 bits per heavy atom. The van der Waals surface area contributed by atoms with Gasteiger partial charge in [-0.1, -0.05) is 23.7 Å². The number of halogens is 1. The van der Waals surface area contributed by atoms with E-state index in [0.29, 0.717) is 34.3 Å². The average molecular weight is 463 g/mol. The van der Waals surface area contributed by atoms with Gasteiger partial charge in [0.15, 0.2) is 0 Å². The first-order valence-electron chi connectivity index (χ1n) is 10.5. The van der Waals surface area contributed by atoms with Gasteiger partial charge in [-0.2, -0.15) is 0 Å². The molecule has 1 unspecified atom stereocenters. The topological polar surface area (TPSA) is 79.7 Å². The highest BCUT2D eigenvalue weighted by molar-refractivity contribution is 6.51. The molecule has 2 aromatic carbocycles. The van der Waals surface area contributed by atoms with Gasteiger partial charge in [-0.15, -0.1) is 0 Å². The number of rotatable bonds is 5. The summed E-state index contributed by atoms with van der Waals surface area (Å²) in [5.41, 5.74) is 3.22. The molecule has 1 fully saturated rings. The number of carbonyl (C=O) groups excluding carboxylic acids is 2. The summed E-state index contributed by atoms with van der Waals surface area (Å²) < 4.78 is 5.53. The van der Waals surface area contributed by atoms with Crippen LogP contribution in [0.25, 0.3) is 5.76 Å². The summed E-state index contributed by atoms with van der Waals surface area (Å²) in [6.07, 6.45) is 1.59. The minimum absolute atomic E-state index is 0.0392. The first kappa shape index (κ1) is 22.6. The molecule has 0 spiro atoms. The summed E-state index contributed by atoms with van der Waals surface area (Å²) in [5, 5.41) is 11.6. The van der Waals surface area contributed by atoms with E-state index in [1.807, 2.05) is 39.0 Å². The van der Waals surface area contributed by atoms with E-state index in [9.17, 15) is 14.7 Å². The van der Waals surface area contributed by atoms with Crippen LogP contribution in [0.1, 0.15) is 35.3 Å². The number of amides is 1. The highest BCUT2D eigenvalue weighted by atomic mass is 35.5. The molecule has 3 aromatic rings. The van der Waals surface area contributed by atoms with Crippen molar-refractivity contribution in [3.8, 4) is 5.75 Å². The molecule has 0 bridgehead atoms. The SMILES string of the molecule is CCOc1cc(/C(O)=C2/C(=O)C(=O)N(c3cc(C)cc(C)c3)C2c2ccccn2)ccc1Cl. The summed E-state index contributed by atoms with van der Waals surface area (Å²) in [4.78, 5) is 32.3. The number of pyridine rings is 1. The van der Waals surface area contributed by atoms with Crippen LogP contribution in [0.5, 0.6) is 5.75 Å². The van der Waals surface area contributed by atoms with E-state index in [0.717, 1.165) is 11.1 Å². The largest absolute Gasteiger partial charge is 0.507 e. The van der Waals surface area contributed by atoms with Crippen LogP contribution in [0.4, 0.5) is 5.69 Å². The van der Waals surface area contributed by atoms with Gasteiger partial charge in [-0.05, 0) is 74.4 Å². The number of ether oxygens (including phenoxy) is 1. The molecule has 1 aliphatic heterocycles. The number of carbonyl (C=O) groups is 2. The number of nitrogens with zero attached hydrogens (tertiary/aromatic N) is 2. The number of hydrogen-bond donors (Lipinski definition) is 1. The second kappa shape index (κ2) is 9.08. The Labute approximate surface area is 197 Å². The second-order valence-corrected chi connectivity index (χ2v) is 8.26. The number of aliphatic hydroxyl groups excluding tert-OH is 1. The maximum absolute atomic E-state index is 13.2. The molecule has 1 N–H and O–H groups in total. The van der Waals surface area contributed by atoms with E-state index in [-0.39, 0.29) is 11.3 Å². The van der Waals surface area contributed by atoms with Gasteiger partial charge in [0.1, 0.15) is 17.6 Å². The van der Waals surface area contributed by atoms with E-state index < -0.39 is 17.7 Å². The standard InChI is InChI=1S/C26H23ClN2O4/c1-4-33-21-14-17(8-9-19(21)27)24(30)22-23(20-7-5-6-10-28-20)29(26(32)25(22)31)18-12-15(2)11-16(3)13-18/h5-14,23,30H,4H2,1-3H3/b24-22-. The van der Waals surface area contributed by atoms with Crippen LogP contribution in [0.2, 0.25) is 5.02 Å². The number of anilines is 1. The third-order valence-corrected chi connectivity index (χ3v) is 5.71. The van der Waals surface area contributed by atoms with E-state index in [1.54, 1.807) is 42.6 Å². The number of ketones is 1. The second-order valence-electron chi connectivity index (χ2n) is 7.85. The molecule has 33 heavy (non-hydrogen) atoms. The van der Waals surface area contributed by atoms with Crippen molar-refractivity contribution in [1.82, 2.24) is 4.98 Å². The maximum Gasteiger partial charge on any atom is 0.300 e. The Kier molecular flexibility index (Phi) is 6.20. The van der Waals surface area contributed by atoms with Gasteiger partial charge in [0.05, 0.1) is 22.9 Å². The summed E-state index contributed by atoms with van der Waals surface area (Å²) in [7, 11) is 0. The predicted octanol–water partition coefficient (Wildman–Crippen LogP) is 5.38. The quantitative estimate of drug-likeness (QED) is 0.313. The lowest BCUT2D eigenvalue weighted by Gasteiger charge is -2.25. The first-order valence-corrected chi connectivity index (χ1v) is 10.9. The monoisotopic (exact) mass is 462 g/mol. The number of benzene rings is 2. The van der Waals surface area contributed by atoms with Crippen LogP contribution in [-0.2, 0) is 9.59 Å². The van der Waals surface area contributed by atoms with Crippen molar-refractivity contribution < 1.29 is 19.4 Å². The van der Waals surface area contributed by atoms with Crippen LogP contribution in [-0.4, -0.2) is 28.4 Å². The molecule has 2 heterocycles. The zero-order valence-electron chi connectivity index (χ0n) is 18.5. The van der Waals surface area contributed by atoms with Gasteiger partial charge < -0.3 is 9.84 Å². The number of aromatic nitrogens is 1. The van der Waals surface area contributed by atoms with Crippen LogP contribution in [0.3, 0.4) is 0 Å². The fourth-order valence-corrected chi connectivity index (χ4v) is 4.25. The van der Waals surface area contributed by atoms with Gasteiger partial charge in [0, 0.05) is 17.4 Å². The Morgan fingerprint density at radius 1 is 1.09 bits per heavy atom. The Morgan fingerprint density at radius 3 is 2.45 bits per heavy atom. The number of aliphatic hydroxyl groups is 1. The van der Waals surface area contributed by atoms with Crippen molar-refractivity contribution in [2.24, 2.45) is 0 Å². The molecular formula is C26H23ClN2O4. The first-order chi connectivity index (χ1) is 15.8. The molecule has 1 amide bonds. The molecule has 0 saturated carbocycles. The third-order valence-electron chi connectivity index (χ3n) is 5.40. The molecule has 6 nitrogen and oxygen atoms in total. The smallest absolute Gasteiger partial charge is 0.300 e. The molecule has 168 valence electrons. The highest BCUT2D eigenvalue weighted by Crippen LogP contribution is 2.42. The fourth-order valence-electron chi connectivity index (χ4n) is 4.08. The van der Waals surface area contributed by atoms with Crippen molar-refractivity contribution in [3.63, 3.8) is 0 Å². The molecule has 4 rings (SSSR count). The zero-order chi connectivity index (χ0) is 23.7. The van der Waals surface area contributed by atoms with E-state index in [4.69, 9.17) is 16.3 Å². The van der Waals surface area contributed by atoms with Crippen LogP contribution in [0, 0.1) is 13.8 Å². The molecule has 0 aliphatic carbocycles. The molecule has 1 aliphatic rings. The predicted molar refractivity (Wildman–Crippen MR) is 128 cm³/mol. The lowest BCUT2D eigenvalue weighted by Crippen LogP contribution is -2.30. The maximum atomic E-state index is 13.2. The van der Waals surface area contributed by atoms with Crippen molar-refractivity contribution in [3.05, 3.63) is 93.8 Å². The molecule has 7 heteroatoms. The highest BCUT2D eigenvalue weighted by Gasteiger charge is 2.47. The van der Waals surface area contributed by atoms with E-state index >= 15 is 0 Å². The zero-order valence-corrected chi connectivity index (χ0v) is 19.3. The lowest BCUT2D eigenvalue weighted by atomic mass is 9.98. The summed E-state index contributed by atoms with van der Waals surface area (Å²) in [6.45, 7) is 6.05. The molecular weight excluding hydrogens is 440 g/mol. The van der Waals surface area contributed by atoms with Gasteiger partial charge in [0.2, 0.25) is 0 Å². The lowest BCUT2D eigenvalue weighted by molar-refractivity contribution is -0.132. The average Bonchev–Trinajstić information content (AvgIpc) is 3.05. The van der Waals surface area contributed by atoms with Gasteiger partial charge in [-0.3, -0.25) is 19.5 Å². The van der Waals surface area contributed by atoms with Gasteiger partial charge in [0.25, 0.3) is 11.7 Å². The van der Waals surface area contributed by atoms with E-state index in [2.05, 4.69) is 4.98 Å². The molecule has 1 aromatic heterocycles. The minimum atomic E-state index is -0.890. The van der Waals surface area contributed by atoms with Gasteiger partial charge in [-0.25, -0.2) is 0 Å². The Hall–Kier alpha value is -3.64. The molecule has 1 atom stereocenters. The van der Waals surface area contributed by atoms with Crippen molar-refractivity contribution in [2.45, 2.75) is 26.8 Å².